The first-order chi connectivity index (χ1) is 10.2. The predicted molar refractivity (Wildman–Crippen MR) is 78.1 cm³/mol. The first kappa shape index (κ1) is 15.0. The molecule has 7 heteroatoms. The molecule has 0 saturated carbocycles. The molecule has 0 fully saturated rings. The third-order valence-corrected chi connectivity index (χ3v) is 2.83. The maximum absolute atomic E-state index is 12.2. The van der Waals surface area contributed by atoms with Gasteiger partial charge in [-0.2, -0.15) is 4.98 Å². The van der Waals surface area contributed by atoms with Crippen molar-refractivity contribution in [3.63, 3.8) is 0 Å². The Morgan fingerprint density at radius 3 is 2.95 bits per heavy atom. The fourth-order valence-corrected chi connectivity index (χ4v) is 1.81. The van der Waals surface area contributed by atoms with E-state index in [-0.39, 0.29) is 5.91 Å². The van der Waals surface area contributed by atoms with Crippen molar-refractivity contribution in [3.05, 3.63) is 35.7 Å². The molecule has 0 bridgehead atoms. The summed E-state index contributed by atoms with van der Waals surface area (Å²) < 4.78 is 4.99. The Morgan fingerprint density at radius 2 is 2.24 bits per heavy atom. The summed E-state index contributed by atoms with van der Waals surface area (Å²) in [7, 11) is 0. The minimum atomic E-state index is -0.146. The maximum atomic E-state index is 12.2. The van der Waals surface area contributed by atoms with Crippen LogP contribution in [-0.4, -0.2) is 34.1 Å². The van der Waals surface area contributed by atoms with Gasteiger partial charge < -0.3 is 15.2 Å². The highest BCUT2D eigenvalue weighted by molar-refractivity contribution is 5.99. The highest BCUT2D eigenvalue weighted by Gasteiger charge is 2.11. The van der Waals surface area contributed by atoms with Gasteiger partial charge >= 0.3 is 0 Å². The molecule has 2 N–H and O–H groups in total. The molecular formula is C14H19N5O2. The molecule has 1 amide bonds. The number of anilines is 1. The third kappa shape index (κ3) is 4.27. The molecule has 0 aromatic carbocycles. The van der Waals surface area contributed by atoms with Crippen molar-refractivity contribution >= 4 is 11.6 Å². The van der Waals surface area contributed by atoms with Gasteiger partial charge in [-0.25, -0.2) is 0 Å². The molecule has 2 aromatic heterocycles. The van der Waals surface area contributed by atoms with E-state index in [0.29, 0.717) is 30.2 Å². The number of carbonyl (C=O) groups excluding carboxylic acids is 1. The summed E-state index contributed by atoms with van der Waals surface area (Å²) in [5.41, 5.74) is 1.32. The average Bonchev–Trinajstić information content (AvgIpc) is 2.91. The zero-order valence-electron chi connectivity index (χ0n) is 12.2. The second-order valence-electron chi connectivity index (χ2n) is 4.59. The molecule has 0 aliphatic heterocycles. The van der Waals surface area contributed by atoms with Crippen LogP contribution in [0.25, 0.3) is 0 Å². The lowest BCUT2D eigenvalue weighted by molar-refractivity contribution is 0.0954. The highest BCUT2D eigenvalue weighted by Crippen LogP contribution is 2.13. The fourth-order valence-electron chi connectivity index (χ4n) is 1.81. The number of hydrogen-bond donors (Lipinski definition) is 2. The van der Waals surface area contributed by atoms with Crippen molar-refractivity contribution in [2.24, 2.45) is 0 Å². The summed E-state index contributed by atoms with van der Waals surface area (Å²) in [6, 6.07) is 1.70. The highest BCUT2D eigenvalue weighted by atomic mass is 16.5. The van der Waals surface area contributed by atoms with Crippen LogP contribution in [-0.2, 0) is 6.42 Å². The van der Waals surface area contributed by atoms with Gasteiger partial charge in [-0.1, -0.05) is 12.1 Å². The van der Waals surface area contributed by atoms with E-state index < -0.39 is 0 Å². The van der Waals surface area contributed by atoms with E-state index in [4.69, 9.17) is 4.52 Å². The molecule has 0 unspecified atom stereocenters. The lowest BCUT2D eigenvalue weighted by Gasteiger charge is -2.10. The van der Waals surface area contributed by atoms with Crippen LogP contribution in [0, 0.1) is 6.92 Å². The normalized spacial score (nSPS) is 10.4. The fraction of sp³-hybridized carbons (Fsp3) is 0.429. The van der Waals surface area contributed by atoms with Gasteiger partial charge in [-0.05, 0) is 19.4 Å². The average molecular weight is 289 g/mol. The first-order valence-electron chi connectivity index (χ1n) is 6.96. The second kappa shape index (κ2) is 7.37. The summed E-state index contributed by atoms with van der Waals surface area (Å²) in [6.07, 6.45) is 4.75. The Hall–Kier alpha value is -2.44. The molecule has 2 aromatic rings. The van der Waals surface area contributed by atoms with Crippen LogP contribution in [0.3, 0.4) is 0 Å². The molecule has 0 atom stereocenters. The number of pyridine rings is 1. The summed E-state index contributed by atoms with van der Waals surface area (Å²) in [5.74, 6) is 0.968. The number of amides is 1. The first-order valence-corrected chi connectivity index (χ1v) is 6.96. The van der Waals surface area contributed by atoms with Crippen LogP contribution in [0.4, 0.5) is 5.69 Å². The number of hydrogen-bond acceptors (Lipinski definition) is 6. The molecule has 2 rings (SSSR count). The van der Waals surface area contributed by atoms with Crippen LogP contribution >= 0.6 is 0 Å². The van der Waals surface area contributed by atoms with E-state index >= 15 is 0 Å². The Labute approximate surface area is 123 Å². The predicted octanol–water partition coefficient (Wildman–Crippen LogP) is 1.57. The number of aromatic nitrogens is 3. The minimum absolute atomic E-state index is 0.146. The topological polar surface area (TPSA) is 92.9 Å². The van der Waals surface area contributed by atoms with Crippen molar-refractivity contribution in [1.82, 2.24) is 20.4 Å². The summed E-state index contributed by atoms with van der Waals surface area (Å²) in [5, 5.41) is 9.73. The van der Waals surface area contributed by atoms with Crippen LogP contribution in [0.1, 0.15) is 35.4 Å². The smallest absolute Gasteiger partial charge is 0.253 e. The molecule has 0 aliphatic rings. The molecule has 0 aliphatic carbocycles. The summed E-state index contributed by atoms with van der Waals surface area (Å²) >= 11 is 0. The molecule has 7 nitrogen and oxygen atoms in total. The molecule has 112 valence electrons. The molecule has 0 spiro atoms. The van der Waals surface area contributed by atoms with Gasteiger partial charge in [0.15, 0.2) is 5.82 Å². The molecule has 2 heterocycles. The van der Waals surface area contributed by atoms with Crippen LogP contribution in [0.5, 0.6) is 0 Å². The van der Waals surface area contributed by atoms with Crippen molar-refractivity contribution < 1.29 is 9.32 Å². The van der Waals surface area contributed by atoms with Gasteiger partial charge in [-0.15, -0.1) is 0 Å². The van der Waals surface area contributed by atoms with Gasteiger partial charge in [0.1, 0.15) is 0 Å². The van der Waals surface area contributed by atoms with E-state index in [1.54, 1.807) is 25.4 Å². The van der Waals surface area contributed by atoms with E-state index in [0.717, 1.165) is 18.7 Å². The van der Waals surface area contributed by atoms with Gasteiger partial charge in [0.2, 0.25) is 5.89 Å². The Bertz CT molecular complexity index is 597. The molecular weight excluding hydrogens is 270 g/mol. The number of nitrogens with one attached hydrogen (secondary N) is 2. The van der Waals surface area contributed by atoms with Crippen LogP contribution in [0.2, 0.25) is 0 Å². The SMILES string of the molecule is CCCNc1cnccc1C(=O)NCCc1nc(C)no1. The molecule has 21 heavy (non-hydrogen) atoms. The van der Waals surface area contributed by atoms with E-state index in [1.807, 2.05) is 0 Å². The Kier molecular flexibility index (Phi) is 5.25. The van der Waals surface area contributed by atoms with Gasteiger partial charge in [0, 0.05) is 25.7 Å². The number of rotatable bonds is 7. The number of carbonyl (C=O) groups is 1. The van der Waals surface area contributed by atoms with Gasteiger partial charge in [0.25, 0.3) is 5.91 Å². The maximum Gasteiger partial charge on any atom is 0.253 e. The quantitative estimate of drug-likeness (QED) is 0.803. The van der Waals surface area contributed by atoms with Crippen molar-refractivity contribution in [1.29, 1.82) is 0 Å². The zero-order chi connectivity index (χ0) is 15.1. The minimum Gasteiger partial charge on any atom is -0.383 e. The van der Waals surface area contributed by atoms with Crippen molar-refractivity contribution in [2.75, 3.05) is 18.4 Å². The molecule has 0 saturated heterocycles. The Balaban J connectivity index is 1.90. The van der Waals surface area contributed by atoms with Gasteiger partial charge in [-0.3, -0.25) is 9.78 Å². The van der Waals surface area contributed by atoms with E-state index in [9.17, 15) is 4.79 Å². The van der Waals surface area contributed by atoms with E-state index in [1.165, 1.54) is 0 Å². The van der Waals surface area contributed by atoms with Crippen LogP contribution < -0.4 is 10.6 Å². The third-order valence-electron chi connectivity index (χ3n) is 2.83. The van der Waals surface area contributed by atoms with Crippen LogP contribution in [0.15, 0.2) is 23.0 Å². The van der Waals surface area contributed by atoms with Crippen molar-refractivity contribution in [3.8, 4) is 0 Å². The monoisotopic (exact) mass is 289 g/mol. The standard InChI is InChI=1S/C14H19N5O2/c1-3-6-16-12-9-15-7-4-11(12)14(20)17-8-5-13-18-10(2)19-21-13/h4,7,9,16H,3,5-6,8H2,1-2H3,(H,17,20). The zero-order valence-corrected chi connectivity index (χ0v) is 12.2. The number of nitrogens with zero attached hydrogens (tertiary/aromatic N) is 3. The van der Waals surface area contributed by atoms with Gasteiger partial charge in [0.05, 0.1) is 17.4 Å². The summed E-state index contributed by atoms with van der Waals surface area (Å²) in [4.78, 5) is 20.3. The largest absolute Gasteiger partial charge is 0.383 e. The number of aryl methyl sites for hydroxylation is 1. The van der Waals surface area contributed by atoms with Crippen molar-refractivity contribution in [2.45, 2.75) is 26.7 Å². The second-order valence-corrected chi connectivity index (χ2v) is 4.59. The lowest BCUT2D eigenvalue weighted by atomic mass is 10.2. The molecule has 0 radical (unpaired) electrons. The Morgan fingerprint density at radius 1 is 1.38 bits per heavy atom. The summed E-state index contributed by atoms with van der Waals surface area (Å²) in [6.45, 7) is 5.06. The lowest BCUT2D eigenvalue weighted by Crippen LogP contribution is -2.26. The van der Waals surface area contributed by atoms with E-state index in [2.05, 4.69) is 32.7 Å².